The molecule has 140 valence electrons. The Bertz CT molecular complexity index is 749. The summed E-state index contributed by atoms with van der Waals surface area (Å²) in [5, 5.41) is 18.0. The monoisotopic (exact) mass is 422 g/mol. The van der Waals surface area contributed by atoms with E-state index in [1.54, 1.807) is 19.2 Å². The molecule has 4 N–H and O–H groups in total. The first-order valence-electron chi connectivity index (χ1n) is 8.70. The highest BCUT2D eigenvalue weighted by molar-refractivity contribution is 9.10. The van der Waals surface area contributed by atoms with Crippen molar-refractivity contribution < 1.29 is 9.53 Å². The van der Waals surface area contributed by atoms with Crippen molar-refractivity contribution in [3.05, 3.63) is 22.6 Å². The number of aromatic nitrogens is 2. The van der Waals surface area contributed by atoms with Crippen LogP contribution in [0.15, 0.2) is 22.6 Å². The van der Waals surface area contributed by atoms with E-state index < -0.39 is 5.41 Å². The maximum atomic E-state index is 12.0. The summed E-state index contributed by atoms with van der Waals surface area (Å²) in [5.74, 6) is 1.37. The zero-order chi connectivity index (χ0) is 18.7. The predicted molar refractivity (Wildman–Crippen MR) is 103 cm³/mol. The Kier molecular flexibility index (Phi) is 5.45. The average Bonchev–Trinajstić information content (AvgIpc) is 3.34. The second-order valence-corrected chi connectivity index (χ2v) is 7.51. The van der Waals surface area contributed by atoms with Gasteiger partial charge in [0.1, 0.15) is 17.1 Å². The van der Waals surface area contributed by atoms with E-state index in [0.29, 0.717) is 36.7 Å². The number of ether oxygens (including phenoxy) is 1. The molecule has 8 nitrogen and oxygen atoms in total. The first kappa shape index (κ1) is 18.6. The molecule has 26 heavy (non-hydrogen) atoms. The van der Waals surface area contributed by atoms with Crippen LogP contribution in [0.4, 0.5) is 11.8 Å². The minimum Gasteiger partial charge on any atom is -0.465 e. The normalized spacial score (nSPS) is 22.7. The minimum atomic E-state index is -0.909. The molecule has 1 aromatic heterocycles. The molecule has 3 rings (SSSR count). The van der Waals surface area contributed by atoms with Crippen molar-refractivity contribution in [3.8, 4) is 0 Å². The van der Waals surface area contributed by atoms with Crippen LogP contribution < -0.4 is 16.0 Å². The zero-order valence-corrected chi connectivity index (χ0v) is 16.4. The van der Waals surface area contributed by atoms with Gasteiger partial charge in [0.25, 0.3) is 0 Å². The molecule has 1 aromatic rings. The van der Waals surface area contributed by atoms with Crippen molar-refractivity contribution in [2.45, 2.75) is 39.2 Å². The van der Waals surface area contributed by atoms with Gasteiger partial charge in [-0.1, -0.05) is 0 Å². The highest BCUT2D eigenvalue weighted by Gasteiger charge is 2.43. The van der Waals surface area contributed by atoms with Gasteiger partial charge >= 0.3 is 5.97 Å². The molecule has 1 saturated carbocycles. The second-order valence-electron chi connectivity index (χ2n) is 6.65. The van der Waals surface area contributed by atoms with Crippen LogP contribution in [0.1, 0.15) is 33.1 Å². The third kappa shape index (κ3) is 4.14. The molecule has 0 spiro atoms. The molecule has 1 unspecified atom stereocenters. The maximum absolute atomic E-state index is 12.0. The lowest BCUT2D eigenvalue weighted by Gasteiger charge is -2.20. The number of hydrogen-bond acceptors (Lipinski definition) is 8. The fourth-order valence-corrected chi connectivity index (χ4v) is 2.89. The molecular formula is C17H23BrN6O2. The largest absolute Gasteiger partial charge is 0.465 e. The summed E-state index contributed by atoms with van der Waals surface area (Å²) in [4.78, 5) is 20.7. The van der Waals surface area contributed by atoms with Gasteiger partial charge in [-0.25, -0.2) is 4.98 Å². The molecule has 0 radical (unpaired) electrons. The van der Waals surface area contributed by atoms with E-state index in [1.165, 1.54) is 0 Å². The predicted octanol–water partition coefficient (Wildman–Crippen LogP) is 2.65. The van der Waals surface area contributed by atoms with Gasteiger partial charge in [-0.3, -0.25) is 4.79 Å². The van der Waals surface area contributed by atoms with Crippen molar-refractivity contribution >= 4 is 39.4 Å². The number of halogens is 1. The number of carbonyl (C=O) groups excluding carboxylic acids is 1. The van der Waals surface area contributed by atoms with Crippen molar-refractivity contribution in [2.75, 3.05) is 23.8 Å². The molecule has 1 atom stereocenters. The number of allylic oxidation sites excluding steroid dienone is 1. The molecule has 0 bridgehead atoms. The van der Waals surface area contributed by atoms with Crippen LogP contribution in [0, 0.1) is 10.8 Å². The van der Waals surface area contributed by atoms with Crippen LogP contribution >= 0.6 is 15.9 Å². The SMILES string of the molecule is CCNc1nc(N/C(=C/C(=N)C2(C)CCOC2=O)NC2CC2)ncc1Br. The number of esters is 1. The molecule has 2 aliphatic rings. The average molecular weight is 423 g/mol. The van der Waals surface area contributed by atoms with Gasteiger partial charge in [0, 0.05) is 31.3 Å². The zero-order valence-electron chi connectivity index (χ0n) is 14.9. The van der Waals surface area contributed by atoms with E-state index in [9.17, 15) is 4.79 Å². The molecule has 1 aliphatic heterocycles. The Morgan fingerprint density at radius 3 is 2.92 bits per heavy atom. The van der Waals surface area contributed by atoms with Gasteiger partial charge in [0.05, 0.1) is 16.8 Å². The van der Waals surface area contributed by atoms with Crippen LogP contribution in [0.3, 0.4) is 0 Å². The molecule has 1 aliphatic carbocycles. The number of nitrogens with one attached hydrogen (secondary N) is 4. The third-order valence-corrected chi connectivity index (χ3v) is 5.02. The quantitative estimate of drug-likeness (QED) is 0.376. The summed E-state index contributed by atoms with van der Waals surface area (Å²) in [7, 11) is 0. The van der Waals surface area contributed by atoms with Gasteiger partial charge in [-0.05, 0) is 42.6 Å². The number of hydrogen-bond donors (Lipinski definition) is 4. The Labute approximate surface area is 160 Å². The molecule has 0 amide bonds. The molecule has 0 aromatic carbocycles. The first-order valence-corrected chi connectivity index (χ1v) is 9.49. The molecule has 2 fully saturated rings. The van der Waals surface area contributed by atoms with Crippen molar-refractivity contribution in [1.82, 2.24) is 15.3 Å². The van der Waals surface area contributed by atoms with Crippen LogP contribution in [0.2, 0.25) is 0 Å². The van der Waals surface area contributed by atoms with Crippen molar-refractivity contribution in [1.29, 1.82) is 5.41 Å². The number of carbonyl (C=O) groups is 1. The second kappa shape index (κ2) is 7.61. The Hall–Kier alpha value is -2.16. The van der Waals surface area contributed by atoms with Crippen LogP contribution in [0.25, 0.3) is 0 Å². The summed E-state index contributed by atoms with van der Waals surface area (Å²) in [5.41, 5.74) is -0.701. The minimum absolute atomic E-state index is 0.208. The fraction of sp³-hybridized carbons (Fsp3) is 0.529. The lowest BCUT2D eigenvalue weighted by molar-refractivity contribution is -0.142. The van der Waals surface area contributed by atoms with E-state index in [4.69, 9.17) is 10.1 Å². The lowest BCUT2D eigenvalue weighted by Crippen LogP contribution is -2.33. The molecule has 9 heteroatoms. The van der Waals surface area contributed by atoms with E-state index in [2.05, 4.69) is 41.8 Å². The van der Waals surface area contributed by atoms with Crippen LogP contribution in [-0.2, 0) is 9.53 Å². The van der Waals surface area contributed by atoms with Gasteiger partial charge in [-0.2, -0.15) is 4.98 Å². The van der Waals surface area contributed by atoms with Crippen LogP contribution in [0.5, 0.6) is 0 Å². The number of cyclic esters (lactones) is 1. The summed E-state index contributed by atoms with van der Waals surface area (Å²) in [6.45, 7) is 4.83. The Morgan fingerprint density at radius 2 is 2.31 bits per heavy atom. The van der Waals surface area contributed by atoms with Gasteiger partial charge < -0.3 is 26.1 Å². The summed E-state index contributed by atoms with van der Waals surface area (Å²) in [6, 6.07) is 0.369. The standard InChI is InChI=1S/C17H23BrN6O2/c1-3-20-14-11(18)9-21-16(24-14)23-13(22-10-4-5-10)8-12(19)17(2)6-7-26-15(17)25/h8-10,19,22H,3-7H2,1-2H3,(H2,20,21,23,24)/b13-8+,19-12?. The first-order chi connectivity index (χ1) is 12.4. The topological polar surface area (TPSA) is 112 Å². The van der Waals surface area contributed by atoms with Crippen LogP contribution in [-0.4, -0.2) is 40.8 Å². The third-order valence-electron chi connectivity index (χ3n) is 4.44. The Balaban J connectivity index is 1.81. The summed E-state index contributed by atoms with van der Waals surface area (Å²) in [6.07, 6.45) is 5.98. The number of anilines is 2. The molecule has 2 heterocycles. The van der Waals surface area contributed by atoms with E-state index in [1.807, 2.05) is 6.92 Å². The Morgan fingerprint density at radius 1 is 1.54 bits per heavy atom. The van der Waals surface area contributed by atoms with E-state index >= 15 is 0 Å². The van der Waals surface area contributed by atoms with E-state index in [0.717, 1.165) is 23.9 Å². The van der Waals surface area contributed by atoms with Gasteiger partial charge in [0.2, 0.25) is 5.95 Å². The number of rotatable bonds is 8. The highest BCUT2D eigenvalue weighted by Crippen LogP contribution is 2.32. The number of nitrogens with zero attached hydrogens (tertiary/aromatic N) is 2. The van der Waals surface area contributed by atoms with E-state index in [-0.39, 0.29) is 11.7 Å². The highest BCUT2D eigenvalue weighted by atomic mass is 79.9. The van der Waals surface area contributed by atoms with Crippen molar-refractivity contribution in [3.63, 3.8) is 0 Å². The lowest BCUT2D eigenvalue weighted by atomic mass is 9.83. The van der Waals surface area contributed by atoms with Gasteiger partial charge in [-0.15, -0.1) is 0 Å². The smallest absolute Gasteiger partial charge is 0.317 e. The fourth-order valence-electron chi connectivity index (χ4n) is 2.56. The summed E-state index contributed by atoms with van der Waals surface area (Å²) < 4.78 is 5.83. The molecule has 1 saturated heterocycles. The summed E-state index contributed by atoms with van der Waals surface area (Å²) >= 11 is 3.42. The maximum Gasteiger partial charge on any atom is 0.317 e. The van der Waals surface area contributed by atoms with Crippen molar-refractivity contribution in [2.24, 2.45) is 5.41 Å². The molecular weight excluding hydrogens is 400 g/mol. The van der Waals surface area contributed by atoms with Gasteiger partial charge in [0.15, 0.2) is 0 Å².